The quantitative estimate of drug-likeness (QED) is 0.553. The van der Waals surface area contributed by atoms with Crippen molar-refractivity contribution < 1.29 is 4.57 Å². The molecule has 2 nitrogen and oxygen atoms in total. The van der Waals surface area contributed by atoms with Crippen molar-refractivity contribution in [2.75, 3.05) is 0 Å². The molecule has 0 saturated heterocycles. The molecule has 0 aliphatic heterocycles. The Balaban J connectivity index is 2.07. The minimum Gasteiger partial charge on any atom is -0.229 e. The average molecular weight is 348 g/mol. The zero-order chi connectivity index (χ0) is 19.0. The molecule has 0 atom stereocenters. The molecule has 0 aliphatic carbocycles. The number of imidazole rings is 1. The van der Waals surface area contributed by atoms with E-state index in [9.17, 15) is 0 Å². The zero-order valence-corrected chi connectivity index (χ0v) is 17.2. The van der Waals surface area contributed by atoms with E-state index in [0.29, 0.717) is 5.92 Å². The van der Waals surface area contributed by atoms with Gasteiger partial charge < -0.3 is 0 Å². The summed E-state index contributed by atoms with van der Waals surface area (Å²) in [6, 6.07) is 13.3. The van der Waals surface area contributed by atoms with E-state index in [2.05, 4.69) is 100 Å². The number of hydrogen-bond donors (Lipinski definition) is 0. The molecule has 0 aliphatic rings. The van der Waals surface area contributed by atoms with Gasteiger partial charge in [0.05, 0.1) is 0 Å². The molecular weight excluding hydrogens is 316 g/mol. The van der Waals surface area contributed by atoms with Crippen LogP contribution in [0.1, 0.15) is 59.0 Å². The van der Waals surface area contributed by atoms with Gasteiger partial charge in [0.1, 0.15) is 23.6 Å². The molecular formula is C24H31N2+. The van der Waals surface area contributed by atoms with Gasteiger partial charge in [-0.15, -0.1) is 0 Å². The fourth-order valence-corrected chi connectivity index (χ4v) is 3.92. The van der Waals surface area contributed by atoms with Gasteiger partial charge in [0.15, 0.2) is 0 Å². The van der Waals surface area contributed by atoms with Crippen LogP contribution < -0.4 is 4.57 Å². The van der Waals surface area contributed by atoms with Crippen LogP contribution >= 0.6 is 0 Å². The van der Waals surface area contributed by atoms with E-state index in [1.165, 1.54) is 44.9 Å². The van der Waals surface area contributed by atoms with E-state index in [4.69, 9.17) is 0 Å². The highest BCUT2D eigenvalue weighted by Gasteiger charge is 2.21. The smallest absolute Gasteiger partial charge is 0.229 e. The summed E-state index contributed by atoms with van der Waals surface area (Å²) in [7, 11) is 0. The number of benzene rings is 2. The van der Waals surface area contributed by atoms with Gasteiger partial charge in [0, 0.05) is 19.4 Å². The largest absolute Gasteiger partial charge is 0.249 e. The molecule has 3 aromatic rings. The summed E-state index contributed by atoms with van der Waals surface area (Å²) < 4.78 is 4.74. The van der Waals surface area contributed by atoms with Crippen LogP contribution in [0.15, 0.2) is 42.7 Å². The molecule has 0 bridgehead atoms. The summed E-state index contributed by atoms with van der Waals surface area (Å²) in [5, 5.41) is 0. The van der Waals surface area contributed by atoms with Crippen molar-refractivity contribution in [1.29, 1.82) is 0 Å². The number of hydrogen-bond acceptors (Lipinski definition) is 0. The van der Waals surface area contributed by atoms with E-state index in [-0.39, 0.29) is 0 Å². The monoisotopic (exact) mass is 347 g/mol. The van der Waals surface area contributed by atoms with Gasteiger partial charge in [-0.25, -0.2) is 4.57 Å². The van der Waals surface area contributed by atoms with Gasteiger partial charge in [-0.1, -0.05) is 49.7 Å². The fourth-order valence-electron chi connectivity index (χ4n) is 3.92. The lowest BCUT2D eigenvalue weighted by molar-refractivity contribution is -0.693. The van der Waals surface area contributed by atoms with E-state index >= 15 is 0 Å². The first-order valence-electron chi connectivity index (χ1n) is 9.53. The van der Waals surface area contributed by atoms with Gasteiger partial charge in [-0.05, 0) is 49.4 Å². The van der Waals surface area contributed by atoms with Crippen LogP contribution in [-0.4, -0.2) is 4.57 Å². The summed E-state index contributed by atoms with van der Waals surface area (Å²) in [6.45, 7) is 16.5. The van der Waals surface area contributed by atoms with Crippen molar-refractivity contribution in [1.82, 2.24) is 4.57 Å². The number of aromatic nitrogens is 2. The van der Waals surface area contributed by atoms with Crippen molar-refractivity contribution in [2.45, 2.75) is 60.9 Å². The third-order valence-corrected chi connectivity index (χ3v) is 5.56. The molecule has 0 radical (unpaired) electrons. The summed E-state index contributed by atoms with van der Waals surface area (Å²) in [4.78, 5) is 0. The van der Waals surface area contributed by atoms with Crippen molar-refractivity contribution in [3.63, 3.8) is 0 Å². The summed E-state index contributed by atoms with van der Waals surface area (Å²) in [5.74, 6) is 0.503. The Hall–Kier alpha value is -2.35. The summed E-state index contributed by atoms with van der Waals surface area (Å²) >= 11 is 0. The zero-order valence-electron chi connectivity index (χ0n) is 17.2. The van der Waals surface area contributed by atoms with Crippen molar-refractivity contribution in [2.24, 2.45) is 0 Å². The van der Waals surface area contributed by atoms with Crippen molar-refractivity contribution >= 4 is 0 Å². The highest BCUT2D eigenvalue weighted by molar-refractivity contribution is 5.44. The number of aryl methyl sites for hydroxylation is 3. The first-order chi connectivity index (χ1) is 12.3. The molecule has 0 saturated carbocycles. The maximum atomic E-state index is 2.39. The van der Waals surface area contributed by atoms with Crippen LogP contribution in [0.3, 0.4) is 0 Å². The van der Waals surface area contributed by atoms with Gasteiger partial charge in [0.25, 0.3) is 0 Å². The maximum Gasteiger partial charge on any atom is 0.249 e. The van der Waals surface area contributed by atoms with E-state index in [1.54, 1.807) is 0 Å². The predicted molar refractivity (Wildman–Crippen MR) is 109 cm³/mol. The standard InChI is InChI=1S/C24H31N2/c1-16(2)22-10-8-9-11-24(22)26-15-25(20(6)21(26)7)14-23-18(4)12-17(3)13-19(23)5/h8-13,15-16H,14H2,1-7H3/q+1. The molecule has 0 N–H and O–H groups in total. The highest BCUT2D eigenvalue weighted by atomic mass is 15.1. The lowest BCUT2D eigenvalue weighted by Gasteiger charge is -2.10. The van der Waals surface area contributed by atoms with Crippen LogP contribution in [0.4, 0.5) is 0 Å². The van der Waals surface area contributed by atoms with Gasteiger partial charge >= 0.3 is 0 Å². The Morgan fingerprint density at radius 1 is 0.923 bits per heavy atom. The Kier molecular flexibility index (Phi) is 5.04. The minimum absolute atomic E-state index is 0.503. The molecule has 0 spiro atoms. The third-order valence-electron chi connectivity index (χ3n) is 5.56. The molecule has 0 amide bonds. The number of para-hydroxylation sites is 1. The lowest BCUT2D eigenvalue weighted by atomic mass is 10.00. The minimum atomic E-state index is 0.503. The van der Waals surface area contributed by atoms with Gasteiger partial charge in [0.2, 0.25) is 6.33 Å². The molecule has 1 aromatic heterocycles. The predicted octanol–water partition coefficient (Wildman–Crippen LogP) is 5.48. The van der Waals surface area contributed by atoms with Gasteiger partial charge in [-0.3, -0.25) is 0 Å². The number of rotatable bonds is 4. The molecule has 2 heteroatoms. The Morgan fingerprint density at radius 3 is 2.15 bits per heavy atom. The van der Waals surface area contributed by atoms with E-state index in [1.807, 2.05) is 0 Å². The second-order valence-corrected chi connectivity index (χ2v) is 7.87. The van der Waals surface area contributed by atoms with E-state index in [0.717, 1.165) is 6.54 Å². The Labute approximate surface area is 158 Å². The normalized spacial score (nSPS) is 11.4. The van der Waals surface area contributed by atoms with Crippen LogP contribution in [-0.2, 0) is 6.54 Å². The second-order valence-electron chi connectivity index (χ2n) is 7.87. The van der Waals surface area contributed by atoms with Gasteiger partial charge in [-0.2, -0.15) is 4.57 Å². The first-order valence-corrected chi connectivity index (χ1v) is 9.53. The molecule has 0 unspecified atom stereocenters. The Morgan fingerprint density at radius 2 is 1.54 bits per heavy atom. The molecule has 2 aromatic carbocycles. The second kappa shape index (κ2) is 7.11. The van der Waals surface area contributed by atoms with Crippen LogP contribution in [0.2, 0.25) is 0 Å². The topological polar surface area (TPSA) is 8.81 Å². The average Bonchev–Trinajstić information content (AvgIpc) is 2.86. The van der Waals surface area contributed by atoms with E-state index < -0.39 is 0 Å². The SMILES string of the molecule is Cc1cc(C)c(C[n+]2cn(-c3ccccc3C(C)C)c(C)c2C)c(C)c1. The maximum absolute atomic E-state index is 2.39. The first kappa shape index (κ1) is 18.4. The Bertz CT molecular complexity index is 922. The van der Waals surface area contributed by atoms with Crippen LogP contribution in [0.25, 0.3) is 5.69 Å². The summed E-state index contributed by atoms with van der Waals surface area (Å²) in [6.07, 6.45) is 2.27. The lowest BCUT2D eigenvalue weighted by Crippen LogP contribution is -2.36. The third kappa shape index (κ3) is 3.33. The van der Waals surface area contributed by atoms with Crippen LogP contribution in [0.5, 0.6) is 0 Å². The fraction of sp³-hybridized carbons (Fsp3) is 0.375. The van der Waals surface area contributed by atoms with Crippen molar-refractivity contribution in [3.8, 4) is 5.69 Å². The van der Waals surface area contributed by atoms with Crippen LogP contribution in [0, 0.1) is 34.6 Å². The molecule has 0 fully saturated rings. The summed E-state index contributed by atoms with van der Waals surface area (Å²) in [5.41, 5.74) is 10.8. The van der Waals surface area contributed by atoms with Crippen molar-refractivity contribution in [3.05, 3.63) is 81.9 Å². The molecule has 3 rings (SSSR count). The molecule has 26 heavy (non-hydrogen) atoms. The molecule has 1 heterocycles. The highest BCUT2D eigenvalue weighted by Crippen LogP contribution is 2.24. The number of nitrogens with zero attached hydrogens (tertiary/aromatic N) is 2. The molecule has 136 valence electrons.